The summed E-state index contributed by atoms with van der Waals surface area (Å²) in [6, 6.07) is 0. The Labute approximate surface area is 61.6 Å². The summed E-state index contributed by atoms with van der Waals surface area (Å²) in [6.45, 7) is 7.53. The van der Waals surface area contributed by atoms with E-state index in [1.54, 1.807) is 6.92 Å². The predicted octanol–water partition coefficient (Wildman–Crippen LogP) is 1.39. The third-order valence-corrected chi connectivity index (χ3v) is 2.65. The van der Waals surface area contributed by atoms with Gasteiger partial charge >= 0.3 is 0 Å². The van der Waals surface area contributed by atoms with Crippen LogP contribution in [0.5, 0.6) is 0 Å². The van der Waals surface area contributed by atoms with Gasteiger partial charge in [0.25, 0.3) is 0 Å². The lowest BCUT2D eigenvalue weighted by Crippen LogP contribution is -2.25. The van der Waals surface area contributed by atoms with Gasteiger partial charge < -0.3 is 4.74 Å². The quantitative estimate of drug-likeness (QED) is 0.545. The van der Waals surface area contributed by atoms with E-state index in [4.69, 9.17) is 4.74 Å². The van der Waals surface area contributed by atoms with Crippen molar-refractivity contribution in [2.24, 2.45) is 5.92 Å². The molecule has 0 aromatic carbocycles. The van der Waals surface area contributed by atoms with Crippen LogP contribution in [0.25, 0.3) is 0 Å². The van der Waals surface area contributed by atoms with Gasteiger partial charge in [0, 0.05) is 5.92 Å². The van der Waals surface area contributed by atoms with Crippen LogP contribution < -0.4 is 0 Å². The summed E-state index contributed by atoms with van der Waals surface area (Å²) in [5, 5.41) is 0. The molecule has 0 amide bonds. The highest BCUT2D eigenvalue weighted by Gasteiger charge is 2.54. The Morgan fingerprint density at radius 2 is 2.10 bits per heavy atom. The van der Waals surface area contributed by atoms with E-state index in [0.29, 0.717) is 0 Å². The standard InChI is InChI=1S/C8H14O2/c1-5(6(2)9)8(4)7(3)10-8/h5,7H,1-4H3. The van der Waals surface area contributed by atoms with Crippen LogP contribution >= 0.6 is 0 Å². The molecular formula is C8H14O2. The van der Waals surface area contributed by atoms with E-state index >= 15 is 0 Å². The molecule has 0 aromatic rings. The number of ether oxygens (including phenoxy) is 1. The first-order valence-corrected chi connectivity index (χ1v) is 3.66. The SMILES string of the molecule is CC(=O)C(C)C1(C)OC1C. The number of carbonyl (C=O) groups excluding carboxylic acids is 1. The molecule has 1 heterocycles. The number of Topliss-reactive ketones (excluding diaryl/α,β-unsaturated/α-hetero) is 1. The minimum Gasteiger partial charge on any atom is -0.366 e. The fourth-order valence-corrected chi connectivity index (χ4v) is 1.20. The zero-order chi connectivity index (χ0) is 7.94. The molecule has 3 unspecified atom stereocenters. The Kier molecular flexibility index (Phi) is 1.59. The first kappa shape index (κ1) is 7.73. The highest BCUT2D eigenvalue weighted by molar-refractivity contribution is 5.79. The van der Waals surface area contributed by atoms with E-state index in [1.165, 1.54) is 0 Å². The molecule has 0 aliphatic carbocycles. The van der Waals surface area contributed by atoms with Crippen molar-refractivity contribution in [2.45, 2.75) is 39.4 Å². The smallest absolute Gasteiger partial charge is 0.135 e. The molecule has 0 N–H and O–H groups in total. The minimum absolute atomic E-state index is 0.0440. The highest BCUT2D eigenvalue weighted by Crippen LogP contribution is 2.42. The Morgan fingerprint density at radius 3 is 2.20 bits per heavy atom. The van der Waals surface area contributed by atoms with Crippen molar-refractivity contribution in [2.75, 3.05) is 0 Å². The summed E-state index contributed by atoms with van der Waals surface area (Å²) in [6.07, 6.45) is 0.256. The Hall–Kier alpha value is -0.370. The molecule has 0 aromatic heterocycles. The predicted molar refractivity (Wildman–Crippen MR) is 38.8 cm³/mol. The van der Waals surface area contributed by atoms with Gasteiger partial charge in [-0.2, -0.15) is 0 Å². The van der Waals surface area contributed by atoms with Crippen LogP contribution in [0, 0.1) is 5.92 Å². The lowest BCUT2D eigenvalue weighted by molar-refractivity contribution is -0.121. The van der Waals surface area contributed by atoms with E-state index < -0.39 is 0 Å². The van der Waals surface area contributed by atoms with Gasteiger partial charge in [0.1, 0.15) is 11.4 Å². The fourth-order valence-electron chi connectivity index (χ4n) is 1.20. The molecule has 3 atom stereocenters. The van der Waals surface area contributed by atoms with Crippen LogP contribution in [-0.4, -0.2) is 17.5 Å². The van der Waals surface area contributed by atoms with Gasteiger partial charge in [-0.05, 0) is 20.8 Å². The molecule has 1 aliphatic heterocycles. The number of carbonyl (C=O) groups is 1. The molecule has 0 spiro atoms. The fraction of sp³-hybridized carbons (Fsp3) is 0.875. The second-order valence-electron chi connectivity index (χ2n) is 3.28. The van der Waals surface area contributed by atoms with Gasteiger partial charge in [-0.25, -0.2) is 0 Å². The molecule has 58 valence electrons. The molecule has 0 bridgehead atoms. The maximum atomic E-state index is 10.9. The van der Waals surface area contributed by atoms with Crippen LogP contribution in [0.4, 0.5) is 0 Å². The molecule has 2 heteroatoms. The first-order chi connectivity index (χ1) is 4.48. The molecular weight excluding hydrogens is 128 g/mol. The lowest BCUT2D eigenvalue weighted by Gasteiger charge is -2.11. The lowest BCUT2D eigenvalue weighted by atomic mass is 9.90. The third kappa shape index (κ3) is 0.966. The van der Waals surface area contributed by atoms with Crippen molar-refractivity contribution in [1.82, 2.24) is 0 Å². The zero-order valence-electron chi connectivity index (χ0n) is 6.97. The van der Waals surface area contributed by atoms with Crippen molar-refractivity contribution in [3.05, 3.63) is 0 Å². The molecule has 10 heavy (non-hydrogen) atoms. The van der Waals surface area contributed by atoms with E-state index in [2.05, 4.69) is 0 Å². The number of rotatable bonds is 2. The number of hydrogen-bond donors (Lipinski definition) is 0. The van der Waals surface area contributed by atoms with E-state index in [0.717, 1.165) is 0 Å². The van der Waals surface area contributed by atoms with Crippen molar-refractivity contribution < 1.29 is 9.53 Å². The summed E-state index contributed by atoms with van der Waals surface area (Å²) >= 11 is 0. The van der Waals surface area contributed by atoms with Gasteiger partial charge in [-0.1, -0.05) is 6.92 Å². The largest absolute Gasteiger partial charge is 0.366 e. The van der Waals surface area contributed by atoms with Crippen LogP contribution in [0.15, 0.2) is 0 Å². The van der Waals surface area contributed by atoms with Gasteiger partial charge in [0.05, 0.1) is 6.10 Å². The van der Waals surface area contributed by atoms with Gasteiger partial charge in [-0.3, -0.25) is 4.79 Å². The van der Waals surface area contributed by atoms with Gasteiger partial charge in [-0.15, -0.1) is 0 Å². The van der Waals surface area contributed by atoms with E-state index in [9.17, 15) is 4.79 Å². The van der Waals surface area contributed by atoms with Crippen molar-refractivity contribution in [3.63, 3.8) is 0 Å². The highest BCUT2D eigenvalue weighted by atomic mass is 16.6. The Balaban J connectivity index is 2.58. The van der Waals surface area contributed by atoms with Crippen LogP contribution in [0.2, 0.25) is 0 Å². The summed E-state index contributed by atoms with van der Waals surface area (Å²) < 4.78 is 5.31. The van der Waals surface area contributed by atoms with Crippen LogP contribution in [-0.2, 0) is 9.53 Å². The second-order valence-corrected chi connectivity index (χ2v) is 3.28. The van der Waals surface area contributed by atoms with Crippen molar-refractivity contribution in [3.8, 4) is 0 Å². The van der Waals surface area contributed by atoms with Crippen molar-refractivity contribution >= 4 is 5.78 Å². The van der Waals surface area contributed by atoms with Crippen molar-refractivity contribution in [1.29, 1.82) is 0 Å². The molecule has 0 radical (unpaired) electrons. The molecule has 0 saturated carbocycles. The van der Waals surface area contributed by atoms with Crippen LogP contribution in [0.3, 0.4) is 0 Å². The van der Waals surface area contributed by atoms with Crippen LogP contribution in [0.1, 0.15) is 27.7 Å². The van der Waals surface area contributed by atoms with E-state index in [-0.39, 0.29) is 23.4 Å². The molecule has 1 rings (SSSR count). The number of epoxide rings is 1. The average Bonchev–Trinajstić information content (AvgIpc) is 2.41. The second kappa shape index (κ2) is 2.06. The summed E-state index contributed by atoms with van der Waals surface area (Å²) in [5.41, 5.74) is -0.161. The molecule has 1 aliphatic rings. The molecule has 1 saturated heterocycles. The molecule has 2 nitrogen and oxygen atoms in total. The normalized spacial score (nSPS) is 41.0. The maximum absolute atomic E-state index is 10.9. The first-order valence-electron chi connectivity index (χ1n) is 3.66. The topological polar surface area (TPSA) is 29.6 Å². The third-order valence-electron chi connectivity index (χ3n) is 2.65. The summed E-state index contributed by atoms with van der Waals surface area (Å²) in [4.78, 5) is 10.9. The van der Waals surface area contributed by atoms with E-state index in [1.807, 2.05) is 20.8 Å². The Morgan fingerprint density at radius 1 is 1.70 bits per heavy atom. The monoisotopic (exact) mass is 142 g/mol. The summed E-state index contributed by atoms with van der Waals surface area (Å²) in [5.74, 6) is 0.259. The average molecular weight is 142 g/mol. The Bertz CT molecular complexity index is 165. The minimum atomic E-state index is -0.161. The summed E-state index contributed by atoms with van der Waals surface area (Å²) in [7, 11) is 0. The van der Waals surface area contributed by atoms with Gasteiger partial charge in [0.2, 0.25) is 0 Å². The zero-order valence-corrected chi connectivity index (χ0v) is 6.97. The molecule has 1 fully saturated rings. The number of ketones is 1. The van der Waals surface area contributed by atoms with Gasteiger partial charge in [0.15, 0.2) is 0 Å². The maximum Gasteiger partial charge on any atom is 0.135 e. The number of hydrogen-bond acceptors (Lipinski definition) is 2.